The minimum absolute atomic E-state index is 0.304. The lowest BCUT2D eigenvalue weighted by Gasteiger charge is -2.27. The maximum absolute atomic E-state index is 11.6. The Balaban J connectivity index is 5.55. The summed E-state index contributed by atoms with van der Waals surface area (Å²) in [7, 11) is 1.24. The summed E-state index contributed by atoms with van der Waals surface area (Å²) in [6, 6.07) is 0. The van der Waals surface area contributed by atoms with Crippen LogP contribution in [0.15, 0.2) is 11.6 Å². The van der Waals surface area contributed by atoms with Gasteiger partial charge in [0.25, 0.3) is 0 Å². The molecule has 0 amide bonds. The molecule has 0 spiro atoms. The minimum Gasteiger partial charge on any atom is -0.481 e. The molecular weight excluding hydrogens is 252 g/mol. The zero-order valence-electron chi connectivity index (χ0n) is 11.8. The monoisotopic (exact) mass is 272 g/mol. The third-order valence-corrected chi connectivity index (χ3v) is 3.14. The number of hydrogen-bond acceptors (Lipinski definition) is 4. The van der Waals surface area contributed by atoms with Crippen LogP contribution < -0.4 is 0 Å². The van der Waals surface area contributed by atoms with Gasteiger partial charge in [0.15, 0.2) is 0 Å². The lowest BCUT2D eigenvalue weighted by atomic mass is 9.76. The number of methoxy groups -OCH3 is 1. The number of esters is 1. The average molecular weight is 272 g/mol. The number of aliphatic carboxylic acids is 2. The summed E-state index contributed by atoms with van der Waals surface area (Å²) in [5.74, 6) is -2.98. The van der Waals surface area contributed by atoms with E-state index >= 15 is 0 Å². The van der Waals surface area contributed by atoms with E-state index in [-0.39, 0.29) is 0 Å². The van der Waals surface area contributed by atoms with Gasteiger partial charge in [0.05, 0.1) is 24.4 Å². The molecule has 0 fully saturated rings. The van der Waals surface area contributed by atoms with Crippen molar-refractivity contribution in [3.05, 3.63) is 11.6 Å². The van der Waals surface area contributed by atoms with E-state index in [0.29, 0.717) is 5.57 Å². The van der Waals surface area contributed by atoms with Gasteiger partial charge in [-0.3, -0.25) is 14.4 Å². The Kier molecular flexibility index (Phi) is 5.29. The summed E-state index contributed by atoms with van der Waals surface area (Å²) in [6.45, 7) is 5.97. The number of carboxylic acid groups (broad SMARTS) is 2. The molecular formula is C13H20O6. The van der Waals surface area contributed by atoms with Crippen molar-refractivity contribution in [2.75, 3.05) is 7.11 Å². The number of rotatable bonds is 6. The van der Waals surface area contributed by atoms with E-state index in [0.717, 1.165) is 0 Å². The molecule has 0 aliphatic carbocycles. The van der Waals surface area contributed by atoms with Crippen molar-refractivity contribution >= 4 is 17.9 Å². The van der Waals surface area contributed by atoms with E-state index in [1.807, 2.05) is 0 Å². The fourth-order valence-corrected chi connectivity index (χ4v) is 1.71. The molecule has 6 nitrogen and oxygen atoms in total. The molecule has 0 saturated heterocycles. The van der Waals surface area contributed by atoms with E-state index < -0.39 is 35.2 Å². The first-order chi connectivity index (χ1) is 8.47. The second-order valence-corrected chi connectivity index (χ2v) is 5.25. The smallest absolute Gasteiger partial charge is 0.315 e. The zero-order valence-corrected chi connectivity index (χ0v) is 11.8. The normalized spacial score (nSPS) is 15.5. The SMILES string of the molecule is COC(=O)C(C)(C)C=C(C)C(C)(CC(=O)O)C(=O)O. The fourth-order valence-electron chi connectivity index (χ4n) is 1.71. The molecule has 2 N–H and O–H groups in total. The maximum atomic E-state index is 11.6. The standard InChI is InChI=1S/C13H20O6/c1-8(6-12(2,3)11(18)19-5)13(4,10(16)17)7-9(14)15/h6H,7H2,1-5H3,(H,14,15)(H,16,17). The molecule has 0 heterocycles. The molecule has 0 aliphatic rings. The summed E-state index contributed by atoms with van der Waals surface area (Å²) < 4.78 is 4.62. The number of ether oxygens (including phenoxy) is 1. The highest BCUT2D eigenvalue weighted by atomic mass is 16.5. The Morgan fingerprint density at radius 2 is 1.63 bits per heavy atom. The zero-order chi connectivity index (χ0) is 15.4. The van der Waals surface area contributed by atoms with Crippen molar-refractivity contribution in [3.8, 4) is 0 Å². The largest absolute Gasteiger partial charge is 0.481 e. The van der Waals surface area contributed by atoms with Gasteiger partial charge < -0.3 is 14.9 Å². The summed E-state index contributed by atoms with van der Waals surface area (Å²) in [4.78, 5) is 33.7. The molecule has 0 saturated carbocycles. The quantitative estimate of drug-likeness (QED) is 0.563. The first kappa shape index (κ1) is 17.2. The van der Waals surface area contributed by atoms with E-state index in [1.165, 1.54) is 27.0 Å². The van der Waals surface area contributed by atoms with Crippen LogP contribution in [0, 0.1) is 10.8 Å². The first-order valence-electron chi connectivity index (χ1n) is 5.71. The Morgan fingerprint density at radius 3 is 1.95 bits per heavy atom. The van der Waals surface area contributed by atoms with Crippen LogP contribution in [0.2, 0.25) is 0 Å². The van der Waals surface area contributed by atoms with E-state index in [4.69, 9.17) is 5.11 Å². The molecule has 108 valence electrons. The van der Waals surface area contributed by atoms with Crippen LogP contribution in [0.25, 0.3) is 0 Å². The van der Waals surface area contributed by atoms with Gasteiger partial charge in [0.2, 0.25) is 0 Å². The average Bonchev–Trinajstić information content (AvgIpc) is 2.25. The number of carboxylic acids is 2. The summed E-state index contributed by atoms with van der Waals surface area (Å²) in [5.41, 5.74) is -2.27. The number of carbonyl (C=O) groups is 3. The van der Waals surface area contributed by atoms with Gasteiger partial charge in [0.1, 0.15) is 0 Å². The molecule has 0 radical (unpaired) electrons. The molecule has 1 atom stereocenters. The van der Waals surface area contributed by atoms with Crippen LogP contribution >= 0.6 is 0 Å². The molecule has 1 unspecified atom stereocenters. The molecule has 0 bridgehead atoms. The predicted octanol–water partition coefficient (Wildman–Crippen LogP) is 1.70. The van der Waals surface area contributed by atoms with E-state index in [2.05, 4.69) is 4.74 Å². The second kappa shape index (κ2) is 5.86. The van der Waals surface area contributed by atoms with Crippen molar-refractivity contribution in [2.24, 2.45) is 10.8 Å². The van der Waals surface area contributed by atoms with Crippen molar-refractivity contribution in [1.29, 1.82) is 0 Å². The fraction of sp³-hybridized carbons (Fsp3) is 0.615. The lowest BCUT2D eigenvalue weighted by Crippen LogP contribution is -2.33. The molecule has 0 rings (SSSR count). The van der Waals surface area contributed by atoms with Gasteiger partial charge in [-0.1, -0.05) is 11.6 Å². The molecule has 0 aromatic heterocycles. The summed E-state index contributed by atoms with van der Waals surface area (Å²) in [6.07, 6.45) is 0.887. The van der Waals surface area contributed by atoms with Crippen LogP contribution in [0.5, 0.6) is 0 Å². The van der Waals surface area contributed by atoms with Gasteiger partial charge in [-0.15, -0.1) is 0 Å². The van der Waals surface area contributed by atoms with Crippen molar-refractivity contribution in [3.63, 3.8) is 0 Å². The third kappa shape index (κ3) is 4.08. The highest BCUT2D eigenvalue weighted by molar-refractivity contribution is 5.85. The van der Waals surface area contributed by atoms with Gasteiger partial charge in [-0.05, 0) is 27.7 Å². The van der Waals surface area contributed by atoms with Crippen molar-refractivity contribution < 1.29 is 29.3 Å². The van der Waals surface area contributed by atoms with Crippen LogP contribution in [0.4, 0.5) is 0 Å². The second-order valence-electron chi connectivity index (χ2n) is 5.25. The Bertz CT molecular complexity index is 421. The van der Waals surface area contributed by atoms with E-state index in [1.54, 1.807) is 13.8 Å². The van der Waals surface area contributed by atoms with Gasteiger partial charge in [0, 0.05) is 0 Å². The van der Waals surface area contributed by atoms with Crippen LogP contribution in [0.1, 0.15) is 34.1 Å². The minimum atomic E-state index is -1.56. The Morgan fingerprint density at radius 1 is 1.16 bits per heavy atom. The molecule has 0 aliphatic heterocycles. The topological polar surface area (TPSA) is 101 Å². The van der Waals surface area contributed by atoms with Crippen LogP contribution in [-0.4, -0.2) is 35.2 Å². The van der Waals surface area contributed by atoms with Gasteiger partial charge in [-0.2, -0.15) is 0 Å². The van der Waals surface area contributed by atoms with Gasteiger partial charge in [-0.25, -0.2) is 0 Å². The Labute approximate surface area is 112 Å². The molecule has 0 aromatic carbocycles. The van der Waals surface area contributed by atoms with Crippen molar-refractivity contribution in [2.45, 2.75) is 34.1 Å². The van der Waals surface area contributed by atoms with Gasteiger partial charge >= 0.3 is 17.9 Å². The number of hydrogen-bond donors (Lipinski definition) is 2. The first-order valence-corrected chi connectivity index (χ1v) is 5.71. The highest BCUT2D eigenvalue weighted by Gasteiger charge is 2.39. The van der Waals surface area contributed by atoms with Crippen molar-refractivity contribution in [1.82, 2.24) is 0 Å². The molecule has 6 heteroatoms. The molecule has 0 aromatic rings. The summed E-state index contributed by atoms with van der Waals surface area (Å²) in [5, 5.41) is 18.0. The third-order valence-electron chi connectivity index (χ3n) is 3.14. The molecule has 19 heavy (non-hydrogen) atoms. The highest BCUT2D eigenvalue weighted by Crippen LogP contribution is 2.34. The lowest BCUT2D eigenvalue weighted by molar-refractivity contribution is -0.152. The number of carbonyl (C=O) groups excluding carboxylic acids is 1. The van der Waals surface area contributed by atoms with Crippen LogP contribution in [-0.2, 0) is 19.1 Å². The Hall–Kier alpha value is -1.85. The van der Waals surface area contributed by atoms with Crippen LogP contribution in [0.3, 0.4) is 0 Å². The summed E-state index contributed by atoms with van der Waals surface area (Å²) >= 11 is 0. The maximum Gasteiger partial charge on any atom is 0.315 e. The predicted molar refractivity (Wildman–Crippen MR) is 67.5 cm³/mol. The van der Waals surface area contributed by atoms with E-state index in [9.17, 15) is 19.5 Å².